The van der Waals surface area contributed by atoms with Crippen LogP contribution in [0.2, 0.25) is 0 Å². The van der Waals surface area contributed by atoms with Crippen molar-refractivity contribution in [2.45, 2.75) is 26.4 Å². The maximum absolute atomic E-state index is 11.5. The fourth-order valence-electron chi connectivity index (χ4n) is 0.611. The summed E-state index contributed by atoms with van der Waals surface area (Å²) in [6.07, 6.45) is -4.26. The monoisotopic (exact) mass is 199 g/mol. The van der Waals surface area contributed by atoms with Gasteiger partial charge in [0.1, 0.15) is 0 Å². The van der Waals surface area contributed by atoms with E-state index >= 15 is 0 Å². The molecular formula is C7H12F3NO2. The van der Waals surface area contributed by atoms with Crippen LogP contribution in [-0.4, -0.2) is 18.7 Å². The van der Waals surface area contributed by atoms with Gasteiger partial charge in [0, 0.05) is 6.42 Å². The second-order valence-electron chi connectivity index (χ2n) is 3.03. The average molecular weight is 199 g/mol. The molecule has 0 saturated heterocycles. The molecule has 0 atom stereocenters. The van der Waals surface area contributed by atoms with E-state index in [-0.39, 0.29) is 12.3 Å². The smallest absolute Gasteiger partial charge is 0.273 e. The van der Waals surface area contributed by atoms with Crippen LogP contribution in [0.25, 0.3) is 0 Å². The zero-order valence-corrected chi connectivity index (χ0v) is 7.44. The van der Waals surface area contributed by atoms with Gasteiger partial charge in [-0.25, -0.2) is 5.48 Å². The zero-order chi connectivity index (χ0) is 10.5. The fraction of sp³-hybridized carbons (Fsp3) is 0.857. The second kappa shape index (κ2) is 5.06. The summed E-state index contributed by atoms with van der Waals surface area (Å²) < 4.78 is 34.5. The molecular weight excluding hydrogens is 187 g/mol. The van der Waals surface area contributed by atoms with E-state index in [0.29, 0.717) is 0 Å². The van der Waals surface area contributed by atoms with Gasteiger partial charge in [-0.1, -0.05) is 13.8 Å². The number of rotatable bonds is 4. The predicted octanol–water partition coefficient (Wildman–Crippen LogP) is 1.64. The molecule has 0 aromatic rings. The van der Waals surface area contributed by atoms with Gasteiger partial charge in [0.15, 0.2) is 6.61 Å². The first-order valence-electron chi connectivity index (χ1n) is 3.78. The van der Waals surface area contributed by atoms with Crippen LogP contribution < -0.4 is 5.48 Å². The third-order valence-corrected chi connectivity index (χ3v) is 1.02. The van der Waals surface area contributed by atoms with Gasteiger partial charge in [-0.15, -0.1) is 0 Å². The van der Waals surface area contributed by atoms with Crippen LogP contribution in [-0.2, 0) is 9.63 Å². The van der Waals surface area contributed by atoms with Crippen molar-refractivity contribution >= 4 is 5.91 Å². The molecule has 1 N–H and O–H groups in total. The standard InChI is InChI=1S/C7H12F3NO2/c1-5(2)3-6(12)11-13-4-7(8,9)10/h5H,3-4H2,1-2H3,(H,11,12). The number of carbonyl (C=O) groups is 1. The summed E-state index contributed by atoms with van der Waals surface area (Å²) in [4.78, 5) is 14.7. The summed E-state index contributed by atoms with van der Waals surface area (Å²) in [5, 5.41) is 0. The summed E-state index contributed by atoms with van der Waals surface area (Å²) in [5.74, 6) is -0.450. The molecule has 0 rings (SSSR count). The quantitative estimate of drug-likeness (QED) is 0.699. The van der Waals surface area contributed by atoms with Crippen molar-refractivity contribution in [3.05, 3.63) is 0 Å². The topological polar surface area (TPSA) is 38.3 Å². The van der Waals surface area contributed by atoms with Crippen molar-refractivity contribution in [3.8, 4) is 0 Å². The third-order valence-electron chi connectivity index (χ3n) is 1.02. The van der Waals surface area contributed by atoms with Crippen LogP contribution in [0.5, 0.6) is 0 Å². The number of hydroxylamine groups is 1. The maximum Gasteiger partial charge on any atom is 0.414 e. The molecule has 0 aromatic carbocycles. The summed E-state index contributed by atoms with van der Waals surface area (Å²) in [6.45, 7) is 2.10. The molecule has 0 aliphatic carbocycles. The highest BCUT2D eigenvalue weighted by atomic mass is 19.4. The van der Waals surface area contributed by atoms with E-state index in [1.54, 1.807) is 19.3 Å². The highest BCUT2D eigenvalue weighted by Crippen LogP contribution is 2.13. The molecule has 0 aromatic heterocycles. The number of carbonyl (C=O) groups excluding carboxylic acids is 1. The first kappa shape index (κ1) is 12.2. The molecule has 0 fully saturated rings. The van der Waals surface area contributed by atoms with Crippen molar-refractivity contribution in [3.63, 3.8) is 0 Å². The van der Waals surface area contributed by atoms with Crippen molar-refractivity contribution < 1.29 is 22.8 Å². The average Bonchev–Trinajstić information content (AvgIpc) is 1.81. The molecule has 0 spiro atoms. The highest BCUT2D eigenvalue weighted by Gasteiger charge is 2.28. The molecule has 0 bridgehead atoms. The molecule has 0 unspecified atom stereocenters. The van der Waals surface area contributed by atoms with E-state index in [0.717, 1.165) is 0 Å². The number of hydrogen-bond acceptors (Lipinski definition) is 2. The summed E-state index contributed by atoms with van der Waals surface area (Å²) in [7, 11) is 0. The van der Waals surface area contributed by atoms with E-state index < -0.39 is 18.7 Å². The van der Waals surface area contributed by atoms with Crippen molar-refractivity contribution in [2.75, 3.05) is 6.61 Å². The van der Waals surface area contributed by atoms with Gasteiger partial charge in [0.25, 0.3) is 0 Å². The second-order valence-corrected chi connectivity index (χ2v) is 3.03. The normalized spacial score (nSPS) is 11.8. The predicted molar refractivity (Wildman–Crippen MR) is 39.6 cm³/mol. The van der Waals surface area contributed by atoms with E-state index in [1.165, 1.54) is 0 Å². The molecule has 78 valence electrons. The van der Waals surface area contributed by atoms with E-state index in [4.69, 9.17) is 0 Å². The molecule has 0 aliphatic heterocycles. The number of hydrogen-bond donors (Lipinski definition) is 1. The van der Waals surface area contributed by atoms with Crippen LogP contribution in [0.15, 0.2) is 0 Å². The lowest BCUT2D eigenvalue weighted by Gasteiger charge is -2.08. The van der Waals surface area contributed by atoms with E-state index in [9.17, 15) is 18.0 Å². The van der Waals surface area contributed by atoms with Crippen LogP contribution in [0.1, 0.15) is 20.3 Å². The SMILES string of the molecule is CC(C)CC(=O)NOCC(F)(F)F. The van der Waals surface area contributed by atoms with Crippen LogP contribution in [0.3, 0.4) is 0 Å². The van der Waals surface area contributed by atoms with Gasteiger partial charge < -0.3 is 0 Å². The lowest BCUT2D eigenvalue weighted by molar-refractivity contribution is -0.191. The molecule has 1 amide bonds. The minimum absolute atomic E-state index is 0.0921. The molecule has 0 radical (unpaired) electrons. The molecule has 0 saturated carbocycles. The summed E-state index contributed by atoms with van der Waals surface area (Å²) >= 11 is 0. The Morgan fingerprint density at radius 3 is 2.38 bits per heavy atom. The highest BCUT2D eigenvalue weighted by molar-refractivity contribution is 5.74. The molecule has 6 heteroatoms. The number of halogens is 3. The molecule has 0 heterocycles. The fourth-order valence-corrected chi connectivity index (χ4v) is 0.611. The third kappa shape index (κ3) is 9.13. The Bertz CT molecular complexity index is 168. The minimum atomic E-state index is -4.41. The van der Waals surface area contributed by atoms with Gasteiger partial charge in [0.05, 0.1) is 0 Å². The molecule has 3 nitrogen and oxygen atoms in total. The van der Waals surface area contributed by atoms with Gasteiger partial charge in [-0.05, 0) is 5.92 Å². The molecule has 0 aliphatic rings. The van der Waals surface area contributed by atoms with E-state index in [1.807, 2.05) is 0 Å². The zero-order valence-electron chi connectivity index (χ0n) is 7.44. The Balaban J connectivity index is 3.49. The molecule has 13 heavy (non-hydrogen) atoms. The van der Waals surface area contributed by atoms with Crippen molar-refractivity contribution in [1.29, 1.82) is 0 Å². The number of nitrogens with one attached hydrogen (secondary N) is 1. The summed E-state index contributed by atoms with van der Waals surface area (Å²) in [6, 6.07) is 0. The lowest BCUT2D eigenvalue weighted by atomic mass is 10.1. The van der Waals surface area contributed by atoms with Crippen LogP contribution in [0.4, 0.5) is 13.2 Å². The Hall–Kier alpha value is -0.780. The van der Waals surface area contributed by atoms with E-state index in [2.05, 4.69) is 4.84 Å². The van der Waals surface area contributed by atoms with Crippen LogP contribution in [0, 0.1) is 5.92 Å². The van der Waals surface area contributed by atoms with Gasteiger partial charge in [-0.2, -0.15) is 13.2 Å². The Morgan fingerprint density at radius 2 is 2.00 bits per heavy atom. The van der Waals surface area contributed by atoms with Crippen molar-refractivity contribution in [1.82, 2.24) is 5.48 Å². The Kier molecular flexibility index (Phi) is 4.76. The first-order valence-corrected chi connectivity index (χ1v) is 3.78. The van der Waals surface area contributed by atoms with Crippen LogP contribution >= 0.6 is 0 Å². The number of amides is 1. The summed E-state index contributed by atoms with van der Waals surface area (Å²) in [5.41, 5.74) is 1.71. The lowest BCUT2D eigenvalue weighted by Crippen LogP contribution is -2.30. The first-order chi connectivity index (χ1) is 5.81. The maximum atomic E-state index is 11.5. The van der Waals surface area contributed by atoms with Crippen molar-refractivity contribution in [2.24, 2.45) is 5.92 Å². The largest absolute Gasteiger partial charge is 0.414 e. The number of alkyl halides is 3. The van der Waals surface area contributed by atoms with Gasteiger partial charge in [0.2, 0.25) is 5.91 Å². The van der Waals surface area contributed by atoms with Gasteiger partial charge in [-0.3, -0.25) is 9.63 Å². The Labute approximate surface area is 74.2 Å². The van der Waals surface area contributed by atoms with Gasteiger partial charge >= 0.3 is 6.18 Å². The Morgan fingerprint density at radius 1 is 1.46 bits per heavy atom. The minimum Gasteiger partial charge on any atom is -0.273 e.